The highest BCUT2D eigenvalue weighted by atomic mass is 16.5. The summed E-state index contributed by atoms with van der Waals surface area (Å²) in [6.45, 7) is 0.690. The molecule has 1 saturated carbocycles. The number of esters is 1. The maximum atomic E-state index is 13.4. The maximum Gasteiger partial charge on any atom is 0.328 e. The average molecular weight is 370 g/mol. The molecule has 3 aliphatic rings. The van der Waals surface area contributed by atoms with Gasteiger partial charge in [-0.2, -0.15) is 0 Å². The van der Waals surface area contributed by atoms with E-state index in [1.807, 2.05) is 12.1 Å². The van der Waals surface area contributed by atoms with Crippen LogP contribution in [0.5, 0.6) is 0 Å². The van der Waals surface area contributed by atoms with Crippen molar-refractivity contribution in [3.63, 3.8) is 0 Å². The lowest BCUT2D eigenvalue weighted by molar-refractivity contribution is -0.145. The number of carbonyl (C=O) groups is 3. The molecule has 0 bridgehead atoms. The summed E-state index contributed by atoms with van der Waals surface area (Å²) in [5, 5.41) is 0. The van der Waals surface area contributed by atoms with Gasteiger partial charge < -0.3 is 14.5 Å². The molecule has 0 unspecified atom stereocenters. The molecule has 0 N–H and O–H groups in total. The number of hydrogen-bond acceptors (Lipinski definition) is 4. The van der Waals surface area contributed by atoms with E-state index in [1.165, 1.54) is 7.11 Å². The van der Waals surface area contributed by atoms with Gasteiger partial charge in [-0.1, -0.05) is 18.9 Å². The van der Waals surface area contributed by atoms with Crippen molar-refractivity contribution in [1.29, 1.82) is 0 Å². The Morgan fingerprint density at radius 1 is 1.15 bits per heavy atom. The van der Waals surface area contributed by atoms with Crippen molar-refractivity contribution in [2.75, 3.05) is 18.6 Å². The summed E-state index contributed by atoms with van der Waals surface area (Å²) in [4.78, 5) is 41.3. The predicted molar refractivity (Wildman–Crippen MR) is 100 cm³/mol. The standard InChI is InChI=1S/C21H26N2O4/c1-27-21(26)18-13-14-6-2-3-9-17(14)23(18)20(25)15-7-4-8-16(12-15)22-11-5-10-19(22)24/h4,7-8,12,14,17-18H,2-3,5-6,9-11,13H2,1H3/t14-,17+,18-/m0/s1. The van der Waals surface area contributed by atoms with E-state index in [0.29, 0.717) is 30.9 Å². The van der Waals surface area contributed by atoms with Crippen molar-refractivity contribution in [3.8, 4) is 0 Å². The summed E-state index contributed by atoms with van der Waals surface area (Å²) in [6, 6.07) is 6.84. The summed E-state index contributed by atoms with van der Waals surface area (Å²) in [5.74, 6) is 0.00705. The van der Waals surface area contributed by atoms with Gasteiger partial charge in [0.1, 0.15) is 6.04 Å². The Morgan fingerprint density at radius 3 is 2.70 bits per heavy atom. The van der Waals surface area contributed by atoms with Crippen LogP contribution in [-0.2, 0) is 14.3 Å². The Kier molecular flexibility index (Phi) is 4.89. The van der Waals surface area contributed by atoms with E-state index in [2.05, 4.69) is 0 Å². The van der Waals surface area contributed by atoms with E-state index in [1.54, 1.807) is 21.9 Å². The Bertz CT molecular complexity index is 762. The highest BCUT2D eigenvalue weighted by molar-refractivity contribution is 6.00. The van der Waals surface area contributed by atoms with Crippen LogP contribution in [0.1, 0.15) is 55.3 Å². The van der Waals surface area contributed by atoms with E-state index >= 15 is 0 Å². The largest absolute Gasteiger partial charge is 0.467 e. The fourth-order valence-corrected chi connectivity index (χ4v) is 4.98. The second-order valence-electron chi connectivity index (χ2n) is 7.80. The fraction of sp³-hybridized carbons (Fsp3) is 0.571. The van der Waals surface area contributed by atoms with Crippen LogP contribution in [0.15, 0.2) is 24.3 Å². The fourth-order valence-electron chi connectivity index (χ4n) is 4.98. The lowest BCUT2D eigenvalue weighted by Crippen LogP contribution is -2.46. The number of nitrogens with zero attached hydrogens (tertiary/aromatic N) is 2. The summed E-state index contributed by atoms with van der Waals surface area (Å²) < 4.78 is 4.99. The molecule has 1 aromatic carbocycles. The summed E-state index contributed by atoms with van der Waals surface area (Å²) >= 11 is 0. The zero-order valence-electron chi connectivity index (χ0n) is 15.7. The smallest absolute Gasteiger partial charge is 0.328 e. The molecule has 6 heteroatoms. The molecule has 1 aliphatic carbocycles. The van der Waals surface area contributed by atoms with Gasteiger partial charge >= 0.3 is 5.97 Å². The number of carbonyl (C=O) groups excluding carboxylic acids is 3. The van der Waals surface area contributed by atoms with E-state index in [9.17, 15) is 14.4 Å². The van der Waals surface area contributed by atoms with Crippen molar-refractivity contribution in [2.45, 2.75) is 57.0 Å². The normalized spacial score (nSPS) is 27.6. The molecule has 0 spiro atoms. The van der Waals surface area contributed by atoms with Crippen LogP contribution in [0.2, 0.25) is 0 Å². The van der Waals surface area contributed by atoms with Crippen molar-refractivity contribution >= 4 is 23.5 Å². The summed E-state index contributed by atoms with van der Waals surface area (Å²) in [5.41, 5.74) is 1.30. The minimum absolute atomic E-state index is 0.0977. The summed E-state index contributed by atoms with van der Waals surface area (Å²) in [7, 11) is 1.38. The van der Waals surface area contributed by atoms with Crippen LogP contribution in [0.3, 0.4) is 0 Å². The van der Waals surface area contributed by atoms with Gasteiger partial charge in [-0.05, 0) is 49.8 Å². The molecular weight excluding hydrogens is 344 g/mol. The van der Waals surface area contributed by atoms with Crippen LogP contribution in [0.4, 0.5) is 5.69 Å². The molecule has 3 fully saturated rings. The highest BCUT2D eigenvalue weighted by Gasteiger charge is 2.48. The first-order valence-electron chi connectivity index (χ1n) is 9.91. The third kappa shape index (κ3) is 3.22. The number of methoxy groups -OCH3 is 1. The van der Waals surface area contributed by atoms with Gasteiger partial charge in [0, 0.05) is 30.3 Å². The molecule has 6 nitrogen and oxygen atoms in total. The minimum Gasteiger partial charge on any atom is -0.467 e. The van der Waals surface area contributed by atoms with E-state index in [-0.39, 0.29) is 23.8 Å². The topological polar surface area (TPSA) is 66.9 Å². The Hall–Kier alpha value is -2.37. The Balaban J connectivity index is 1.63. The molecule has 144 valence electrons. The first-order valence-corrected chi connectivity index (χ1v) is 9.91. The van der Waals surface area contributed by atoms with Crippen LogP contribution >= 0.6 is 0 Å². The van der Waals surface area contributed by atoms with Gasteiger partial charge in [0.2, 0.25) is 5.91 Å². The van der Waals surface area contributed by atoms with Gasteiger partial charge in [0.05, 0.1) is 7.11 Å². The number of amides is 2. The lowest BCUT2D eigenvalue weighted by atomic mass is 9.84. The number of hydrogen-bond donors (Lipinski definition) is 0. The zero-order chi connectivity index (χ0) is 19.0. The predicted octanol–water partition coefficient (Wildman–Crippen LogP) is 2.76. The first-order chi connectivity index (χ1) is 13.1. The van der Waals surface area contributed by atoms with Crippen LogP contribution < -0.4 is 4.90 Å². The molecule has 1 aromatic rings. The number of fused-ring (bicyclic) bond motifs is 1. The van der Waals surface area contributed by atoms with Crippen molar-refractivity contribution in [1.82, 2.24) is 4.90 Å². The number of anilines is 1. The average Bonchev–Trinajstić information content (AvgIpc) is 3.30. The molecule has 27 heavy (non-hydrogen) atoms. The number of ether oxygens (including phenoxy) is 1. The second kappa shape index (κ2) is 7.33. The van der Waals surface area contributed by atoms with Crippen LogP contribution in [0, 0.1) is 5.92 Å². The Labute approximate surface area is 159 Å². The molecule has 2 heterocycles. The molecule has 2 saturated heterocycles. The molecule has 2 aliphatic heterocycles. The van der Waals surface area contributed by atoms with Gasteiger partial charge in [0.25, 0.3) is 5.91 Å². The van der Waals surface area contributed by atoms with Gasteiger partial charge in [-0.15, -0.1) is 0 Å². The molecule has 3 atom stereocenters. The van der Waals surface area contributed by atoms with Crippen molar-refractivity contribution in [3.05, 3.63) is 29.8 Å². The van der Waals surface area contributed by atoms with Gasteiger partial charge in [0.15, 0.2) is 0 Å². The molecule has 4 rings (SSSR count). The molecule has 0 aromatic heterocycles. The monoisotopic (exact) mass is 370 g/mol. The zero-order valence-corrected chi connectivity index (χ0v) is 15.7. The third-order valence-electron chi connectivity index (χ3n) is 6.27. The SMILES string of the molecule is COC(=O)[C@@H]1C[C@@H]2CCCC[C@H]2N1C(=O)c1cccc(N2CCCC2=O)c1. The summed E-state index contributed by atoms with van der Waals surface area (Å²) in [6.07, 6.45) is 6.33. The number of likely N-dealkylation sites (tertiary alicyclic amines) is 1. The van der Waals surface area contributed by atoms with Crippen LogP contribution in [0.25, 0.3) is 0 Å². The van der Waals surface area contributed by atoms with Gasteiger partial charge in [-0.3, -0.25) is 9.59 Å². The first kappa shape index (κ1) is 18.0. The highest BCUT2D eigenvalue weighted by Crippen LogP contribution is 2.41. The maximum absolute atomic E-state index is 13.4. The minimum atomic E-state index is -0.507. The Morgan fingerprint density at radius 2 is 1.96 bits per heavy atom. The van der Waals surface area contributed by atoms with E-state index in [0.717, 1.165) is 37.8 Å². The van der Waals surface area contributed by atoms with Crippen molar-refractivity contribution in [2.24, 2.45) is 5.92 Å². The number of benzene rings is 1. The third-order valence-corrected chi connectivity index (χ3v) is 6.27. The molecule has 2 amide bonds. The lowest BCUT2D eigenvalue weighted by Gasteiger charge is -2.33. The second-order valence-corrected chi connectivity index (χ2v) is 7.80. The van der Waals surface area contributed by atoms with E-state index < -0.39 is 6.04 Å². The van der Waals surface area contributed by atoms with E-state index in [4.69, 9.17) is 4.74 Å². The number of rotatable bonds is 3. The quantitative estimate of drug-likeness (QED) is 0.768. The van der Waals surface area contributed by atoms with Crippen molar-refractivity contribution < 1.29 is 19.1 Å². The molecule has 0 radical (unpaired) electrons. The molecular formula is C21H26N2O4. The van der Waals surface area contributed by atoms with Crippen LogP contribution in [-0.4, -0.2) is 48.4 Å². The van der Waals surface area contributed by atoms with Gasteiger partial charge in [-0.25, -0.2) is 4.79 Å².